The predicted molar refractivity (Wildman–Crippen MR) is 126 cm³/mol. The van der Waals surface area contributed by atoms with Crippen LogP contribution in [0.25, 0.3) is 5.57 Å². The lowest BCUT2D eigenvalue weighted by Crippen LogP contribution is -2.32. The lowest BCUT2D eigenvalue weighted by Gasteiger charge is -2.17. The topological polar surface area (TPSA) is 49.4 Å². The van der Waals surface area contributed by atoms with Crippen LogP contribution in [0, 0.1) is 34.6 Å². The number of amides is 2. The first-order valence-electron chi connectivity index (χ1n) is 10.4. The zero-order valence-electron chi connectivity index (χ0n) is 18.5. The molecule has 1 aliphatic heterocycles. The van der Waals surface area contributed by atoms with Gasteiger partial charge in [0.15, 0.2) is 0 Å². The van der Waals surface area contributed by atoms with E-state index in [0.29, 0.717) is 17.0 Å². The molecule has 1 N–H and O–H groups in total. The van der Waals surface area contributed by atoms with E-state index in [4.69, 9.17) is 0 Å². The number of carbonyl (C=O) groups is 2. The largest absolute Gasteiger partial charge is 0.350 e. The van der Waals surface area contributed by atoms with Gasteiger partial charge in [0.05, 0.1) is 11.3 Å². The fraction of sp³-hybridized carbons (Fsp3) is 0.185. The smallest absolute Gasteiger partial charge is 0.282 e. The number of aryl methyl sites for hydroxylation is 5. The van der Waals surface area contributed by atoms with Crippen LogP contribution in [-0.4, -0.2) is 11.8 Å². The molecule has 0 spiro atoms. The second kappa shape index (κ2) is 7.88. The summed E-state index contributed by atoms with van der Waals surface area (Å²) in [6.45, 7) is 10.0. The predicted octanol–water partition coefficient (Wildman–Crippen LogP) is 5.63. The van der Waals surface area contributed by atoms with Crippen molar-refractivity contribution in [2.45, 2.75) is 34.6 Å². The van der Waals surface area contributed by atoms with Gasteiger partial charge in [-0.15, -0.1) is 0 Å². The zero-order chi connectivity index (χ0) is 22.3. The van der Waals surface area contributed by atoms with Crippen LogP contribution in [0.2, 0.25) is 0 Å². The first kappa shape index (κ1) is 20.6. The van der Waals surface area contributed by atoms with Crippen molar-refractivity contribution in [3.05, 3.63) is 99.7 Å². The van der Waals surface area contributed by atoms with Gasteiger partial charge in [-0.2, -0.15) is 0 Å². The van der Waals surface area contributed by atoms with Gasteiger partial charge in [0.1, 0.15) is 5.70 Å². The quantitative estimate of drug-likeness (QED) is 0.568. The molecule has 3 aromatic carbocycles. The molecule has 0 aromatic heterocycles. The summed E-state index contributed by atoms with van der Waals surface area (Å²) in [5.74, 6) is -0.659. The van der Waals surface area contributed by atoms with E-state index >= 15 is 0 Å². The van der Waals surface area contributed by atoms with Gasteiger partial charge < -0.3 is 5.32 Å². The van der Waals surface area contributed by atoms with Crippen molar-refractivity contribution < 1.29 is 9.59 Å². The SMILES string of the molecule is Cc1ccc(C2=C(Nc3ccc(C)cc3C)C(=O)N(c3ccc(C)c(C)c3)C2=O)cc1. The summed E-state index contributed by atoms with van der Waals surface area (Å²) >= 11 is 0. The first-order valence-corrected chi connectivity index (χ1v) is 10.4. The Labute approximate surface area is 183 Å². The van der Waals surface area contributed by atoms with E-state index in [1.54, 1.807) is 0 Å². The molecule has 1 aliphatic rings. The van der Waals surface area contributed by atoms with E-state index in [0.717, 1.165) is 39.1 Å². The number of nitrogens with zero attached hydrogens (tertiary/aromatic N) is 1. The van der Waals surface area contributed by atoms with E-state index in [2.05, 4.69) is 11.4 Å². The zero-order valence-corrected chi connectivity index (χ0v) is 18.5. The normalized spacial score (nSPS) is 13.9. The van der Waals surface area contributed by atoms with E-state index < -0.39 is 0 Å². The van der Waals surface area contributed by atoms with Crippen LogP contribution in [0.5, 0.6) is 0 Å². The summed E-state index contributed by atoms with van der Waals surface area (Å²) in [5, 5.41) is 3.27. The number of hydrogen-bond acceptors (Lipinski definition) is 3. The van der Waals surface area contributed by atoms with Gasteiger partial charge in [-0.05, 0) is 75.1 Å². The Hall–Kier alpha value is -3.66. The van der Waals surface area contributed by atoms with Gasteiger partial charge in [0.25, 0.3) is 11.8 Å². The van der Waals surface area contributed by atoms with E-state index in [9.17, 15) is 9.59 Å². The molecule has 156 valence electrons. The molecule has 0 saturated heterocycles. The molecule has 3 aromatic rings. The Balaban J connectivity index is 1.84. The third kappa shape index (κ3) is 3.77. The van der Waals surface area contributed by atoms with Crippen LogP contribution in [0.4, 0.5) is 11.4 Å². The molecule has 1 heterocycles. The molecular formula is C27H26N2O2. The lowest BCUT2D eigenvalue weighted by molar-refractivity contribution is -0.120. The maximum atomic E-state index is 13.5. The lowest BCUT2D eigenvalue weighted by atomic mass is 10.0. The van der Waals surface area contributed by atoms with Crippen molar-refractivity contribution in [3.8, 4) is 0 Å². The Morgan fingerprint density at radius 1 is 0.645 bits per heavy atom. The van der Waals surface area contributed by atoms with E-state index in [-0.39, 0.29) is 11.8 Å². The Morgan fingerprint density at radius 3 is 1.97 bits per heavy atom. The Kier molecular flexibility index (Phi) is 5.24. The average Bonchev–Trinajstić information content (AvgIpc) is 2.97. The van der Waals surface area contributed by atoms with Crippen molar-refractivity contribution in [3.63, 3.8) is 0 Å². The Bertz CT molecular complexity index is 1240. The average molecular weight is 411 g/mol. The van der Waals surface area contributed by atoms with E-state index in [1.165, 1.54) is 4.90 Å². The molecule has 4 rings (SSSR count). The molecule has 31 heavy (non-hydrogen) atoms. The fourth-order valence-electron chi connectivity index (χ4n) is 3.82. The van der Waals surface area contributed by atoms with Crippen LogP contribution in [0.3, 0.4) is 0 Å². The van der Waals surface area contributed by atoms with E-state index in [1.807, 2.05) is 89.2 Å². The summed E-state index contributed by atoms with van der Waals surface area (Å²) in [5.41, 5.74) is 8.21. The first-order chi connectivity index (χ1) is 14.8. The van der Waals surface area contributed by atoms with Crippen molar-refractivity contribution in [1.29, 1.82) is 0 Å². The summed E-state index contributed by atoms with van der Waals surface area (Å²) in [6.07, 6.45) is 0. The molecular weight excluding hydrogens is 384 g/mol. The van der Waals surface area contributed by atoms with Gasteiger partial charge in [-0.1, -0.05) is 53.6 Å². The van der Waals surface area contributed by atoms with Gasteiger partial charge >= 0.3 is 0 Å². The number of rotatable bonds is 4. The molecule has 0 aliphatic carbocycles. The second-order valence-corrected chi connectivity index (χ2v) is 8.27. The van der Waals surface area contributed by atoms with Crippen LogP contribution >= 0.6 is 0 Å². The van der Waals surface area contributed by atoms with Crippen LogP contribution in [0.15, 0.2) is 66.4 Å². The van der Waals surface area contributed by atoms with Crippen molar-refractivity contribution in [2.24, 2.45) is 0 Å². The molecule has 4 nitrogen and oxygen atoms in total. The summed E-state index contributed by atoms with van der Waals surface area (Å²) in [4.78, 5) is 28.3. The third-order valence-corrected chi connectivity index (χ3v) is 5.81. The summed E-state index contributed by atoms with van der Waals surface area (Å²) < 4.78 is 0. The van der Waals surface area contributed by atoms with Gasteiger partial charge in [-0.3, -0.25) is 9.59 Å². The molecule has 0 fully saturated rings. The highest BCUT2D eigenvalue weighted by atomic mass is 16.2. The molecule has 0 unspecified atom stereocenters. The number of imide groups is 1. The van der Waals surface area contributed by atoms with Crippen molar-refractivity contribution in [1.82, 2.24) is 0 Å². The maximum absolute atomic E-state index is 13.5. The number of carbonyl (C=O) groups excluding carboxylic acids is 2. The van der Waals surface area contributed by atoms with Crippen LogP contribution in [0.1, 0.15) is 33.4 Å². The number of anilines is 2. The van der Waals surface area contributed by atoms with Gasteiger partial charge in [0.2, 0.25) is 0 Å². The highest BCUT2D eigenvalue weighted by Gasteiger charge is 2.40. The number of hydrogen-bond donors (Lipinski definition) is 1. The van der Waals surface area contributed by atoms with Crippen LogP contribution < -0.4 is 10.2 Å². The number of nitrogens with one attached hydrogen (secondary N) is 1. The highest BCUT2D eigenvalue weighted by Crippen LogP contribution is 2.35. The summed E-state index contributed by atoms with van der Waals surface area (Å²) in [6, 6.07) is 19.3. The molecule has 0 atom stereocenters. The fourth-order valence-corrected chi connectivity index (χ4v) is 3.82. The van der Waals surface area contributed by atoms with Gasteiger partial charge in [-0.25, -0.2) is 4.90 Å². The molecule has 0 radical (unpaired) electrons. The van der Waals surface area contributed by atoms with Gasteiger partial charge in [0, 0.05) is 5.69 Å². The monoisotopic (exact) mass is 410 g/mol. The minimum Gasteiger partial charge on any atom is -0.350 e. The Morgan fingerprint density at radius 2 is 1.32 bits per heavy atom. The number of benzene rings is 3. The summed E-state index contributed by atoms with van der Waals surface area (Å²) in [7, 11) is 0. The molecule has 4 heteroatoms. The van der Waals surface area contributed by atoms with Crippen molar-refractivity contribution in [2.75, 3.05) is 10.2 Å². The second-order valence-electron chi connectivity index (χ2n) is 8.27. The van der Waals surface area contributed by atoms with Crippen LogP contribution in [-0.2, 0) is 9.59 Å². The standard InChI is InChI=1S/C27H26N2O2/c1-16-6-10-21(11-7-16)24-25(28-23-13-8-17(2)14-20(23)5)27(31)29(26(24)30)22-12-9-18(3)19(4)15-22/h6-15,28H,1-5H3. The molecule has 2 amide bonds. The minimum absolute atomic E-state index is 0.305. The highest BCUT2D eigenvalue weighted by molar-refractivity contribution is 6.46. The molecule has 0 bridgehead atoms. The molecule has 0 saturated carbocycles. The maximum Gasteiger partial charge on any atom is 0.282 e. The minimum atomic E-state index is -0.344. The van der Waals surface area contributed by atoms with Crippen molar-refractivity contribution >= 4 is 28.8 Å². The third-order valence-electron chi connectivity index (χ3n) is 5.81.